The third-order valence-corrected chi connectivity index (χ3v) is 3.22. The number of hydrogen-bond donors (Lipinski definition) is 3. The van der Waals surface area contributed by atoms with Gasteiger partial charge >= 0.3 is 0 Å². The maximum Gasteiger partial charge on any atom is 0.237 e. The van der Waals surface area contributed by atoms with E-state index in [1.165, 1.54) is 0 Å². The van der Waals surface area contributed by atoms with Gasteiger partial charge in [-0.1, -0.05) is 6.92 Å². The molecular weight excluding hydrogens is 242 g/mol. The molecule has 1 aliphatic rings. The highest BCUT2D eigenvalue weighted by Gasteiger charge is 2.27. The van der Waals surface area contributed by atoms with E-state index in [9.17, 15) is 9.59 Å². The summed E-state index contributed by atoms with van der Waals surface area (Å²) in [5.41, 5.74) is -0.222. The number of carbonyl (C=O) groups excluding carboxylic acids is 2. The van der Waals surface area contributed by atoms with Crippen LogP contribution in [0.25, 0.3) is 0 Å². The fourth-order valence-corrected chi connectivity index (χ4v) is 2.29. The van der Waals surface area contributed by atoms with E-state index in [4.69, 9.17) is 0 Å². The molecule has 2 amide bonds. The molecule has 1 rings (SSSR count). The summed E-state index contributed by atoms with van der Waals surface area (Å²) in [6.07, 6.45) is 2.53. The molecule has 0 aromatic heterocycles. The maximum absolute atomic E-state index is 12.0. The number of rotatable bonds is 4. The Bertz CT molecular complexity index is 323. The third-order valence-electron chi connectivity index (χ3n) is 3.22. The summed E-state index contributed by atoms with van der Waals surface area (Å²) in [7, 11) is 0. The molecule has 0 aliphatic carbocycles. The molecule has 2 unspecified atom stereocenters. The Morgan fingerprint density at radius 1 is 1.32 bits per heavy atom. The fraction of sp³-hybridized carbons (Fsp3) is 0.857. The quantitative estimate of drug-likeness (QED) is 0.707. The van der Waals surface area contributed by atoms with Crippen molar-refractivity contribution in [1.29, 1.82) is 0 Å². The molecule has 0 aromatic rings. The van der Waals surface area contributed by atoms with Gasteiger partial charge in [0.1, 0.15) is 0 Å². The minimum atomic E-state index is -0.222. The van der Waals surface area contributed by atoms with E-state index in [2.05, 4.69) is 22.9 Å². The average molecular weight is 269 g/mol. The van der Waals surface area contributed by atoms with E-state index < -0.39 is 0 Å². The van der Waals surface area contributed by atoms with Crippen LogP contribution in [0.2, 0.25) is 0 Å². The van der Waals surface area contributed by atoms with Crippen LogP contribution in [0.5, 0.6) is 0 Å². The predicted molar refractivity (Wildman–Crippen MR) is 75.7 cm³/mol. The summed E-state index contributed by atoms with van der Waals surface area (Å²) in [6.45, 7) is 9.20. The van der Waals surface area contributed by atoms with Crippen molar-refractivity contribution in [2.24, 2.45) is 5.92 Å². The van der Waals surface area contributed by atoms with Crippen molar-refractivity contribution in [3.8, 4) is 0 Å². The Kier molecular flexibility index (Phi) is 5.79. The zero-order valence-electron chi connectivity index (χ0n) is 12.5. The minimum Gasteiger partial charge on any atom is -0.354 e. The van der Waals surface area contributed by atoms with E-state index >= 15 is 0 Å². The molecule has 5 nitrogen and oxygen atoms in total. The Morgan fingerprint density at radius 3 is 2.58 bits per heavy atom. The summed E-state index contributed by atoms with van der Waals surface area (Å²) in [5.74, 6) is 0.338. The van der Waals surface area contributed by atoms with Crippen LogP contribution >= 0.6 is 0 Å². The molecule has 1 fully saturated rings. The molecule has 1 saturated heterocycles. The van der Waals surface area contributed by atoms with Gasteiger partial charge in [-0.05, 0) is 46.1 Å². The SMILES string of the molecule is CC1CCCNC1C(=O)NCCC(=O)NC(C)(C)C. The monoisotopic (exact) mass is 269 g/mol. The molecule has 3 N–H and O–H groups in total. The fourth-order valence-electron chi connectivity index (χ4n) is 2.29. The van der Waals surface area contributed by atoms with Gasteiger partial charge in [-0.2, -0.15) is 0 Å². The van der Waals surface area contributed by atoms with Gasteiger partial charge in [-0.25, -0.2) is 0 Å². The van der Waals surface area contributed by atoms with E-state index in [0.717, 1.165) is 19.4 Å². The van der Waals surface area contributed by atoms with Crippen molar-refractivity contribution >= 4 is 11.8 Å². The summed E-state index contributed by atoms with van der Waals surface area (Å²) in [5, 5.41) is 8.94. The van der Waals surface area contributed by atoms with Crippen LogP contribution in [0, 0.1) is 5.92 Å². The Hall–Kier alpha value is -1.10. The lowest BCUT2D eigenvalue weighted by Crippen LogP contribution is -2.51. The van der Waals surface area contributed by atoms with Crippen molar-refractivity contribution in [2.45, 2.75) is 58.5 Å². The highest BCUT2D eigenvalue weighted by atomic mass is 16.2. The third kappa shape index (κ3) is 6.05. The van der Waals surface area contributed by atoms with Crippen molar-refractivity contribution in [1.82, 2.24) is 16.0 Å². The number of nitrogens with one attached hydrogen (secondary N) is 3. The summed E-state index contributed by atoms with van der Waals surface area (Å²) in [4.78, 5) is 23.6. The van der Waals surface area contributed by atoms with Gasteiger partial charge in [-0.3, -0.25) is 9.59 Å². The van der Waals surface area contributed by atoms with Gasteiger partial charge < -0.3 is 16.0 Å². The Morgan fingerprint density at radius 2 is 2.00 bits per heavy atom. The summed E-state index contributed by atoms with van der Waals surface area (Å²) >= 11 is 0. The van der Waals surface area contributed by atoms with Gasteiger partial charge in [0.05, 0.1) is 6.04 Å². The maximum atomic E-state index is 12.0. The first kappa shape index (κ1) is 16.0. The molecule has 0 radical (unpaired) electrons. The second-order valence-electron chi connectivity index (χ2n) is 6.39. The highest BCUT2D eigenvalue weighted by molar-refractivity contribution is 5.83. The predicted octanol–water partition coefficient (Wildman–Crippen LogP) is 0.796. The average Bonchev–Trinajstić information content (AvgIpc) is 2.26. The lowest BCUT2D eigenvalue weighted by atomic mass is 9.92. The minimum absolute atomic E-state index is 0.00996. The molecule has 110 valence electrons. The molecule has 1 aliphatic heterocycles. The summed E-state index contributed by atoms with van der Waals surface area (Å²) < 4.78 is 0. The van der Waals surface area contributed by atoms with Crippen LogP contribution in [0.15, 0.2) is 0 Å². The van der Waals surface area contributed by atoms with Crippen LogP contribution in [0.1, 0.15) is 47.0 Å². The van der Waals surface area contributed by atoms with Crippen molar-refractivity contribution in [3.63, 3.8) is 0 Å². The van der Waals surface area contributed by atoms with Gasteiger partial charge in [0, 0.05) is 18.5 Å². The standard InChI is InChI=1S/C14H27N3O2/c1-10-6-5-8-15-12(10)13(19)16-9-7-11(18)17-14(2,3)4/h10,12,15H,5-9H2,1-4H3,(H,16,19)(H,17,18). The van der Waals surface area contributed by atoms with Gasteiger partial charge in [-0.15, -0.1) is 0 Å². The lowest BCUT2D eigenvalue weighted by molar-refractivity contribution is -0.125. The van der Waals surface area contributed by atoms with Crippen molar-refractivity contribution in [2.75, 3.05) is 13.1 Å². The number of hydrogen-bond acceptors (Lipinski definition) is 3. The molecule has 5 heteroatoms. The molecule has 1 heterocycles. The summed E-state index contributed by atoms with van der Waals surface area (Å²) in [6, 6.07) is -0.112. The van der Waals surface area contributed by atoms with E-state index in [-0.39, 0.29) is 23.4 Å². The largest absolute Gasteiger partial charge is 0.354 e. The molecule has 19 heavy (non-hydrogen) atoms. The zero-order valence-corrected chi connectivity index (χ0v) is 12.5. The van der Waals surface area contributed by atoms with Gasteiger partial charge in [0.25, 0.3) is 0 Å². The van der Waals surface area contributed by atoms with Crippen LogP contribution in [0.3, 0.4) is 0 Å². The first-order valence-corrected chi connectivity index (χ1v) is 7.12. The van der Waals surface area contributed by atoms with Crippen molar-refractivity contribution in [3.05, 3.63) is 0 Å². The second-order valence-corrected chi connectivity index (χ2v) is 6.39. The van der Waals surface area contributed by atoms with E-state index in [0.29, 0.717) is 18.9 Å². The highest BCUT2D eigenvalue weighted by Crippen LogP contribution is 2.15. The second kappa shape index (κ2) is 6.89. The number of carbonyl (C=O) groups is 2. The molecular formula is C14H27N3O2. The molecule has 0 bridgehead atoms. The van der Waals surface area contributed by atoms with E-state index in [1.807, 2.05) is 20.8 Å². The number of amides is 2. The van der Waals surface area contributed by atoms with Gasteiger partial charge in [0.2, 0.25) is 11.8 Å². The van der Waals surface area contributed by atoms with Crippen molar-refractivity contribution < 1.29 is 9.59 Å². The molecule has 0 spiro atoms. The first-order valence-electron chi connectivity index (χ1n) is 7.12. The number of piperidine rings is 1. The molecule has 2 atom stereocenters. The van der Waals surface area contributed by atoms with E-state index in [1.54, 1.807) is 0 Å². The Balaban J connectivity index is 2.25. The molecule has 0 saturated carbocycles. The molecule has 0 aromatic carbocycles. The smallest absolute Gasteiger partial charge is 0.237 e. The topological polar surface area (TPSA) is 70.2 Å². The first-order chi connectivity index (χ1) is 8.79. The Labute approximate surface area is 115 Å². The van der Waals surface area contributed by atoms with Crippen LogP contribution in [-0.4, -0.2) is 36.5 Å². The van der Waals surface area contributed by atoms with Crippen LogP contribution in [0.4, 0.5) is 0 Å². The normalized spacial score (nSPS) is 23.8. The van der Waals surface area contributed by atoms with Gasteiger partial charge in [0.15, 0.2) is 0 Å². The van der Waals surface area contributed by atoms with Crippen LogP contribution < -0.4 is 16.0 Å². The van der Waals surface area contributed by atoms with Crippen LogP contribution in [-0.2, 0) is 9.59 Å². The lowest BCUT2D eigenvalue weighted by Gasteiger charge is -2.29. The zero-order chi connectivity index (χ0) is 14.5.